The van der Waals surface area contributed by atoms with Crippen LogP contribution in [0.25, 0.3) is 11.3 Å². The predicted octanol–water partition coefficient (Wildman–Crippen LogP) is 3.78. The average molecular weight is 406 g/mol. The van der Waals surface area contributed by atoms with E-state index in [9.17, 15) is 14.7 Å². The minimum Gasteiger partial charge on any atom is -0.477 e. The second-order valence-corrected chi connectivity index (χ2v) is 7.25. The Labute approximate surface area is 168 Å². The third-order valence-electron chi connectivity index (χ3n) is 5.14. The third-order valence-corrected chi connectivity index (χ3v) is 5.39. The highest BCUT2D eigenvalue weighted by molar-refractivity contribution is 6.30. The number of rotatable bonds is 6. The lowest BCUT2D eigenvalue weighted by atomic mass is 9.96. The van der Waals surface area contributed by atoms with E-state index in [1.807, 2.05) is 23.6 Å². The normalized spacial score (nSPS) is 16.8. The summed E-state index contributed by atoms with van der Waals surface area (Å²) < 4.78 is 5.41. The Kier molecular flexibility index (Phi) is 6.24. The van der Waals surface area contributed by atoms with Gasteiger partial charge in [-0.2, -0.15) is 0 Å². The van der Waals surface area contributed by atoms with Gasteiger partial charge in [0.2, 0.25) is 5.91 Å². The molecule has 150 valence electrons. The molecule has 28 heavy (non-hydrogen) atoms. The van der Waals surface area contributed by atoms with Gasteiger partial charge >= 0.3 is 5.97 Å². The molecule has 1 aliphatic rings. The smallest absolute Gasteiger partial charge is 0.343 e. The molecular formula is C20H24ClN3O4. The van der Waals surface area contributed by atoms with Gasteiger partial charge < -0.3 is 19.4 Å². The second-order valence-electron chi connectivity index (χ2n) is 6.82. The lowest BCUT2D eigenvalue weighted by Gasteiger charge is -2.34. The molecule has 0 saturated carbocycles. The molecule has 1 amide bonds. The Morgan fingerprint density at radius 2 is 1.96 bits per heavy atom. The summed E-state index contributed by atoms with van der Waals surface area (Å²) in [5.41, 5.74) is 0.603. The number of halogens is 1. The zero-order valence-electron chi connectivity index (χ0n) is 16.0. The maximum absolute atomic E-state index is 12.7. The average Bonchev–Trinajstić information content (AvgIpc) is 3.15. The molecule has 2 aromatic rings. The molecule has 1 aromatic heterocycles. The van der Waals surface area contributed by atoms with Crippen molar-refractivity contribution in [3.05, 3.63) is 34.9 Å². The van der Waals surface area contributed by atoms with E-state index in [-0.39, 0.29) is 29.0 Å². The summed E-state index contributed by atoms with van der Waals surface area (Å²) >= 11 is 5.92. The van der Waals surface area contributed by atoms with Crippen LogP contribution in [0.2, 0.25) is 5.02 Å². The van der Waals surface area contributed by atoms with Gasteiger partial charge in [-0.3, -0.25) is 4.79 Å². The predicted molar refractivity (Wildman–Crippen MR) is 107 cm³/mol. The van der Waals surface area contributed by atoms with E-state index in [0.29, 0.717) is 36.8 Å². The van der Waals surface area contributed by atoms with Crippen molar-refractivity contribution in [2.45, 2.75) is 26.7 Å². The van der Waals surface area contributed by atoms with Gasteiger partial charge in [-0.25, -0.2) is 4.79 Å². The largest absolute Gasteiger partial charge is 0.477 e. The number of carbonyl (C=O) groups is 2. The molecule has 2 heterocycles. The number of carbonyl (C=O) groups excluding carboxylic acids is 1. The highest BCUT2D eigenvalue weighted by atomic mass is 35.5. The first-order chi connectivity index (χ1) is 13.5. The maximum Gasteiger partial charge on any atom is 0.343 e. The topological polar surface area (TPSA) is 86.9 Å². The first kappa shape index (κ1) is 20.2. The van der Waals surface area contributed by atoms with E-state index in [2.05, 4.69) is 5.16 Å². The van der Waals surface area contributed by atoms with Crippen molar-refractivity contribution >= 4 is 29.3 Å². The Balaban J connectivity index is 1.90. The first-order valence-corrected chi connectivity index (χ1v) is 9.86. The van der Waals surface area contributed by atoms with Crippen LogP contribution in [0.15, 0.2) is 28.8 Å². The van der Waals surface area contributed by atoms with E-state index in [1.54, 1.807) is 24.3 Å². The number of amides is 1. The molecule has 0 bridgehead atoms. The summed E-state index contributed by atoms with van der Waals surface area (Å²) in [5, 5.41) is 14.4. The number of hydrogen-bond acceptors (Lipinski definition) is 5. The quantitative estimate of drug-likeness (QED) is 0.787. The third kappa shape index (κ3) is 3.99. The van der Waals surface area contributed by atoms with Crippen LogP contribution in [0.3, 0.4) is 0 Å². The number of anilines is 1. The number of carboxylic acid groups (broad SMARTS) is 1. The van der Waals surface area contributed by atoms with E-state index < -0.39 is 5.97 Å². The SMILES string of the molecule is CCN(CC)C(=O)C1CCCN(c2noc(-c3ccc(Cl)cc3)c2C(=O)O)C1. The molecule has 0 radical (unpaired) electrons. The monoisotopic (exact) mass is 405 g/mol. The fourth-order valence-corrected chi connectivity index (χ4v) is 3.78. The van der Waals surface area contributed by atoms with Gasteiger partial charge in [-0.15, -0.1) is 0 Å². The molecule has 3 rings (SSSR count). The molecule has 1 aliphatic heterocycles. The van der Waals surface area contributed by atoms with Crippen LogP contribution >= 0.6 is 11.6 Å². The van der Waals surface area contributed by atoms with Gasteiger partial charge in [-0.1, -0.05) is 16.8 Å². The molecule has 1 unspecified atom stereocenters. The molecule has 0 aliphatic carbocycles. The lowest BCUT2D eigenvalue weighted by Crippen LogP contribution is -2.45. The molecule has 7 nitrogen and oxygen atoms in total. The van der Waals surface area contributed by atoms with Crippen molar-refractivity contribution in [3.63, 3.8) is 0 Å². The molecule has 0 spiro atoms. The molecule has 1 atom stereocenters. The van der Waals surface area contributed by atoms with Gasteiger partial charge in [0.05, 0.1) is 5.92 Å². The summed E-state index contributed by atoms with van der Waals surface area (Å²) in [6.07, 6.45) is 1.58. The van der Waals surface area contributed by atoms with Crippen molar-refractivity contribution in [3.8, 4) is 11.3 Å². The van der Waals surface area contributed by atoms with Gasteiger partial charge in [0.15, 0.2) is 17.1 Å². The van der Waals surface area contributed by atoms with Crippen molar-refractivity contribution in [1.82, 2.24) is 10.1 Å². The van der Waals surface area contributed by atoms with Crippen LogP contribution in [-0.2, 0) is 4.79 Å². The summed E-state index contributed by atoms with van der Waals surface area (Å²) in [7, 11) is 0. The van der Waals surface area contributed by atoms with Gasteiger partial charge in [0.25, 0.3) is 0 Å². The highest BCUT2D eigenvalue weighted by Gasteiger charge is 2.33. The van der Waals surface area contributed by atoms with Gasteiger partial charge in [0, 0.05) is 36.8 Å². The van der Waals surface area contributed by atoms with Crippen molar-refractivity contribution in [2.75, 3.05) is 31.1 Å². The summed E-state index contributed by atoms with van der Waals surface area (Å²) in [6.45, 7) is 6.31. The standard InChI is InChI=1S/C20H24ClN3O4/c1-3-23(4-2)19(25)14-6-5-11-24(12-14)18-16(20(26)27)17(28-22-18)13-7-9-15(21)10-8-13/h7-10,14H,3-6,11-12H2,1-2H3,(H,26,27). The molecule has 1 saturated heterocycles. The number of aromatic carboxylic acids is 1. The Morgan fingerprint density at radius 1 is 1.29 bits per heavy atom. The summed E-state index contributed by atoms with van der Waals surface area (Å²) in [6, 6.07) is 6.73. The van der Waals surface area contributed by atoms with Crippen LogP contribution in [0.4, 0.5) is 5.82 Å². The number of nitrogens with zero attached hydrogens (tertiary/aromatic N) is 3. The molecular weight excluding hydrogens is 382 g/mol. The summed E-state index contributed by atoms with van der Waals surface area (Å²) in [4.78, 5) is 28.4. The number of benzene rings is 1. The van der Waals surface area contributed by atoms with Crippen LogP contribution < -0.4 is 4.90 Å². The Morgan fingerprint density at radius 3 is 2.57 bits per heavy atom. The lowest BCUT2D eigenvalue weighted by molar-refractivity contribution is -0.135. The van der Waals surface area contributed by atoms with Crippen LogP contribution in [0, 0.1) is 5.92 Å². The number of hydrogen-bond donors (Lipinski definition) is 1. The number of aromatic nitrogens is 1. The zero-order valence-corrected chi connectivity index (χ0v) is 16.8. The van der Waals surface area contributed by atoms with Crippen molar-refractivity contribution in [2.24, 2.45) is 5.92 Å². The minimum absolute atomic E-state index is 0.0123. The zero-order chi connectivity index (χ0) is 20.3. The fraction of sp³-hybridized carbons (Fsp3) is 0.450. The van der Waals surface area contributed by atoms with Gasteiger partial charge in [0.1, 0.15) is 0 Å². The molecule has 1 aromatic carbocycles. The molecule has 1 N–H and O–H groups in total. The summed E-state index contributed by atoms with van der Waals surface area (Å²) in [5.74, 6) is -0.719. The first-order valence-electron chi connectivity index (χ1n) is 9.48. The van der Waals surface area contributed by atoms with Crippen LogP contribution in [0.1, 0.15) is 37.0 Å². The fourth-order valence-electron chi connectivity index (χ4n) is 3.65. The minimum atomic E-state index is -1.11. The second kappa shape index (κ2) is 8.65. The molecule has 1 fully saturated rings. The van der Waals surface area contributed by atoms with Crippen LogP contribution in [0.5, 0.6) is 0 Å². The Bertz CT molecular complexity index is 846. The van der Waals surface area contributed by atoms with E-state index >= 15 is 0 Å². The van der Waals surface area contributed by atoms with E-state index in [1.165, 1.54) is 0 Å². The van der Waals surface area contributed by atoms with Crippen LogP contribution in [-0.4, -0.2) is 53.2 Å². The number of carboxylic acids is 1. The van der Waals surface area contributed by atoms with Crippen molar-refractivity contribution in [1.29, 1.82) is 0 Å². The Hall–Kier alpha value is -2.54. The van der Waals surface area contributed by atoms with Gasteiger partial charge in [-0.05, 0) is 51.0 Å². The van der Waals surface area contributed by atoms with E-state index in [0.717, 1.165) is 12.8 Å². The van der Waals surface area contributed by atoms with E-state index in [4.69, 9.17) is 16.1 Å². The maximum atomic E-state index is 12.7. The van der Waals surface area contributed by atoms with Crippen molar-refractivity contribution < 1.29 is 19.2 Å². The highest BCUT2D eigenvalue weighted by Crippen LogP contribution is 2.34. The molecule has 8 heteroatoms. The number of piperidine rings is 1.